The van der Waals surface area contributed by atoms with Crippen LogP contribution in [0.5, 0.6) is 0 Å². The van der Waals surface area contributed by atoms with E-state index in [2.05, 4.69) is 14.8 Å². The van der Waals surface area contributed by atoms with Gasteiger partial charge in [0, 0.05) is 22.0 Å². The van der Waals surface area contributed by atoms with Crippen LogP contribution in [0.15, 0.2) is 71.6 Å². The summed E-state index contributed by atoms with van der Waals surface area (Å²) in [5.41, 5.74) is 1.20. The van der Waals surface area contributed by atoms with Gasteiger partial charge in [0.1, 0.15) is 0 Å². The number of rotatable bonds is 8. The van der Waals surface area contributed by atoms with Crippen molar-refractivity contribution < 1.29 is 21.6 Å². The van der Waals surface area contributed by atoms with Gasteiger partial charge in [-0.2, -0.15) is 0 Å². The van der Waals surface area contributed by atoms with E-state index in [-0.39, 0.29) is 21.4 Å². The summed E-state index contributed by atoms with van der Waals surface area (Å²) in [6, 6.07) is 15.9. The van der Waals surface area contributed by atoms with Crippen LogP contribution in [0.3, 0.4) is 0 Å². The van der Waals surface area contributed by atoms with E-state index < -0.39 is 26.0 Å². The molecule has 0 saturated carbocycles. The highest BCUT2D eigenvalue weighted by atomic mass is 35.5. The van der Waals surface area contributed by atoms with Crippen molar-refractivity contribution in [3.05, 3.63) is 82.3 Å². The molecule has 3 aromatic carbocycles. The zero-order chi connectivity index (χ0) is 24.2. The molecule has 3 N–H and O–H groups in total. The number of carbonyl (C=O) groups excluding carboxylic acids is 1. The molecule has 0 aromatic heterocycles. The molecule has 8 nitrogen and oxygen atoms in total. The highest BCUT2D eigenvalue weighted by molar-refractivity contribution is 7.93. The summed E-state index contributed by atoms with van der Waals surface area (Å²) in [7, 11) is -7.33. The second-order valence-corrected chi connectivity index (χ2v) is 11.3. The molecule has 0 radical (unpaired) electrons. The summed E-state index contributed by atoms with van der Waals surface area (Å²) < 4.78 is 53.2. The largest absolute Gasteiger partial charge is 0.322 e. The number of hydrogen-bond donors (Lipinski definition) is 3. The molecule has 33 heavy (non-hydrogen) atoms. The first-order valence-electron chi connectivity index (χ1n) is 9.49. The average molecular weight is 528 g/mol. The van der Waals surface area contributed by atoms with Crippen molar-refractivity contribution in [2.45, 2.75) is 11.8 Å². The Balaban J connectivity index is 1.68. The van der Waals surface area contributed by atoms with Crippen molar-refractivity contribution in [3.8, 4) is 0 Å². The molecule has 0 aliphatic heterocycles. The van der Waals surface area contributed by atoms with Gasteiger partial charge in [0.25, 0.3) is 15.9 Å². The number of sulfonamides is 2. The SMILES string of the molecule is CCS(=O)(=O)Nc1ccc(C(=O)Nc2ccc(S(=O)(=O)Nc3ccc(Cl)cc3Cl)cc2)cc1. The molecule has 0 unspecified atom stereocenters. The minimum Gasteiger partial charge on any atom is -0.322 e. The van der Waals surface area contributed by atoms with Crippen LogP contribution in [0.4, 0.5) is 17.1 Å². The van der Waals surface area contributed by atoms with Gasteiger partial charge in [0.15, 0.2) is 0 Å². The molecule has 3 rings (SSSR count). The van der Waals surface area contributed by atoms with Gasteiger partial charge in [-0.1, -0.05) is 23.2 Å². The highest BCUT2D eigenvalue weighted by Gasteiger charge is 2.16. The van der Waals surface area contributed by atoms with Crippen LogP contribution < -0.4 is 14.8 Å². The van der Waals surface area contributed by atoms with Crippen molar-refractivity contribution in [1.82, 2.24) is 0 Å². The van der Waals surface area contributed by atoms with Gasteiger partial charge in [0.2, 0.25) is 10.0 Å². The molecule has 0 spiro atoms. The fourth-order valence-corrected chi connectivity index (χ4v) is 4.87. The molecular weight excluding hydrogens is 509 g/mol. The Labute approximate surface area is 202 Å². The summed E-state index contributed by atoms with van der Waals surface area (Å²) >= 11 is 11.8. The molecule has 0 aliphatic rings. The molecule has 0 fully saturated rings. The molecule has 0 saturated heterocycles. The molecule has 0 atom stereocenters. The van der Waals surface area contributed by atoms with E-state index in [4.69, 9.17) is 23.2 Å². The molecule has 1 amide bonds. The molecule has 12 heteroatoms. The Hall–Kier alpha value is -2.79. The highest BCUT2D eigenvalue weighted by Crippen LogP contribution is 2.28. The Bertz CT molecular complexity index is 1380. The first-order valence-corrected chi connectivity index (χ1v) is 13.4. The van der Waals surface area contributed by atoms with Crippen molar-refractivity contribution in [2.24, 2.45) is 0 Å². The number of carbonyl (C=O) groups is 1. The first kappa shape index (κ1) is 24.8. The van der Waals surface area contributed by atoms with E-state index in [0.29, 0.717) is 22.0 Å². The maximum Gasteiger partial charge on any atom is 0.261 e. The molecule has 174 valence electrons. The summed E-state index contributed by atoms with van der Waals surface area (Å²) in [5.74, 6) is -0.509. The van der Waals surface area contributed by atoms with Gasteiger partial charge in [0.05, 0.1) is 21.4 Å². The lowest BCUT2D eigenvalue weighted by Crippen LogP contribution is -2.15. The third-order valence-corrected chi connectivity index (χ3v) is 7.63. The fourth-order valence-electron chi connectivity index (χ4n) is 2.64. The van der Waals surface area contributed by atoms with Gasteiger partial charge < -0.3 is 5.32 Å². The standard InChI is InChI=1S/C21H19Cl2N3O5S2/c1-2-32(28,29)25-17-6-3-14(4-7-17)21(27)24-16-8-10-18(11-9-16)33(30,31)26-20-12-5-15(22)13-19(20)23/h3-13,25-26H,2H2,1H3,(H,24,27). The first-order chi connectivity index (χ1) is 15.5. The Morgan fingerprint density at radius 2 is 1.42 bits per heavy atom. The summed E-state index contributed by atoms with van der Waals surface area (Å²) in [6.45, 7) is 1.52. The number of anilines is 3. The Morgan fingerprint density at radius 1 is 0.818 bits per heavy atom. The molecular formula is C21H19Cl2N3O5S2. The van der Waals surface area contributed by atoms with Crippen LogP contribution in [0.2, 0.25) is 10.0 Å². The van der Waals surface area contributed by atoms with Crippen molar-refractivity contribution in [1.29, 1.82) is 0 Å². The molecule has 0 heterocycles. The number of hydrogen-bond acceptors (Lipinski definition) is 5. The van der Waals surface area contributed by atoms with Crippen molar-refractivity contribution >= 4 is 66.2 Å². The number of halogens is 2. The van der Waals surface area contributed by atoms with Gasteiger partial charge in [-0.3, -0.25) is 14.2 Å². The third-order valence-electron chi connectivity index (χ3n) is 4.40. The lowest BCUT2D eigenvalue weighted by molar-refractivity contribution is 0.102. The quantitative estimate of drug-likeness (QED) is 0.388. The van der Waals surface area contributed by atoms with Crippen LogP contribution in [-0.2, 0) is 20.0 Å². The van der Waals surface area contributed by atoms with E-state index in [9.17, 15) is 21.6 Å². The van der Waals surface area contributed by atoms with E-state index in [1.165, 1.54) is 73.7 Å². The maximum atomic E-state index is 12.6. The summed E-state index contributed by atoms with van der Waals surface area (Å²) in [5, 5.41) is 3.18. The summed E-state index contributed by atoms with van der Waals surface area (Å²) in [4.78, 5) is 12.4. The number of nitrogens with one attached hydrogen (secondary N) is 3. The minimum atomic E-state index is -3.91. The number of amides is 1. The molecule has 3 aromatic rings. The van der Waals surface area contributed by atoms with Crippen molar-refractivity contribution in [3.63, 3.8) is 0 Å². The van der Waals surface area contributed by atoms with Crippen LogP contribution in [-0.4, -0.2) is 28.5 Å². The second kappa shape index (κ2) is 10.0. The summed E-state index contributed by atoms with van der Waals surface area (Å²) in [6.07, 6.45) is 0. The van der Waals surface area contributed by atoms with Crippen LogP contribution in [0, 0.1) is 0 Å². The minimum absolute atomic E-state index is 0.0286. The lowest BCUT2D eigenvalue weighted by Gasteiger charge is -2.11. The van der Waals surface area contributed by atoms with Crippen LogP contribution in [0.25, 0.3) is 0 Å². The molecule has 0 aliphatic carbocycles. The fraction of sp³-hybridized carbons (Fsp3) is 0.0952. The van der Waals surface area contributed by atoms with Crippen molar-refractivity contribution in [2.75, 3.05) is 20.5 Å². The van der Waals surface area contributed by atoms with Gasteiger partial charge >= 0.3 is 0 Å². The van der Waals surface area contributed by atoms with E-state index in [0.717, 1.165) is 0 Å². The molecule has 0 bridgehead atoms. The van der Waals surface area contributed by atoms with E-state index in [1.54, 1.807) is 0 Å². The maximum absolute atomic E-state index is 12.6. The average Bonchev–Trinajstić information content (AvgIpc) is 2.76. The van der Waals surface area contributed by atoms with Gasteiger partial charge in [-0.25, -0.2) is 16.8 Å². The Morgan fingerprint density at radius 3 is 2.00 bits per heavy atom. The zero-order valence-corrected chi connectivity index (χ0v) is 20.3. The van der Waals surface area contributed by atoms with E-state index >= 15 is 0 Å². The zero-order valence-electron chi connectivity index (χ0n) is 17.2. The second-order valence-electron chi connectivity index (χ2n) is 6.79. The van der Waals surface area contributed by atoms with Crippen LogP contribution >= 0.6 is 23.2 Å². The van der Waals surface area contributed by atoms with Crippen LogP contribution in [0.1, 0.15) is 17.3 Å². The Kier molecular flexibility index (Phi) is 7.53. The predicted molar refractivity (Wildman–Crippen MR) is 131 cm³/mol. The number of benzene rings is 3. The van der Waals surface area contributed by atoms with E-state index in [1.807, 2.05) is 0 Å². The topological polar surface area (TPSA) is 121 Å². The predicted octanol–water partition coefficient (Wildman–Crippen LogP) is 4.81. The van der Waals surface area contributed by atoms with Gasteiger partial charge in [-0.05, 0) is 73.7 Å². The smallest absolute Gasteiger partial charge is 0.261 e. The lowest BCUT2D eigenvalue weighted by atomic mass is 10.2. The van der Waals surface area contributed by atoms with Gasteiger partial charge in [-0.15, -0.1) is 0 Å². The third kappa shape index (κ3) is 6.61. The normalized spacial score (nSPS) is 11.6. The monoisotopic (exact) mass is 527 g/mol.